The first-order chi connectivity index (χ1) is 8.91. The van der Waals surface area contributed by atoms with Gasteiger partial charge < -0.3 is 10.6 Å². The van der Waals surface area contributed by atoms with E-state index in [9.17, 15) is 13.2 Å². The maximum Gasteiger partial charge on any atom is 0.416 e. The molecule has 1 saturated heterocycles. The monoisotopic (exact) mass is 272 g/mol. The summed E-state index contributed by atoms with van der Waals surface area (Å²) in [5.74, 6) is 0.607. The van der Waals surface area contributed by atoms with Crippen LogP contribution < -0.4 is 10.6 Å². The second kappa shape index (κ2) is 5.31. The zero-order valence-electron chi connectivity index (χ0n) is 11.0. The lowest BCUT2D eigenvalue weighted by molar-refractivity contribution is -0.137. The molecule has 2 nitrogen and oxygen atoms in total. The highest BCUT2D eigenvalue weighted by Gasteiger charge is 2.31. The molecule has 2 rings (SSSR count). The second-order valence-electron chi connectivity index (χ2n) is 5.13. The minimum absolute atomic E-state index is 0.214. The Morgan fingerprint density at radius 3 is 2.68 bits per heavy atom. The van der Waals surface area contributed by atoms with E-state index in [0.717, 1.165) is 43.8 Å². The van der Waals surface area contributed by atoms with E-state index >= 15 is 0 Å². The molecule has 0 aromatic heterocycles. The number of hydrogen-bond acceptors (Lipinski definition) is 2. The van der Waals surface area contributed by atoms with Crippen molar-refractivity contribution < 1.29 is 13.2 Å². The average Bonchev–Trinajstić information content (AvgIpc) is 2.37. The van der Waals surface area contributed by atoms with E-state index in [1.165, 1.54) is 12.5 Å². The number of anilines is 2. The van der Waals surface area contributed by atoms with E-state index in [-0.39, 0.29) is 5.69 Å². The van der Waals surface area contributed by atoms with Gasteiger partial charge in [-0.3, -0.25) is 0 Å². The molecule has 0 saturated carbocycles. The van der Waals surface area contributed by atoms with Gasteiger partial charge in [0.1, 0.15) is 0 Å². The Balaban J connectivity index is 2.21. The number of hydrogen-bond donors (Lipinski definition) is 1. The summed E-state index contributed by atoms with van der Waals surface area (Å²) in [5.41, 5.74) is 6.05. The van der Waals surface area contributed by atoms with Crippen molar-refractivity contribution in [2.24, 2.45) is 5.92 Å². The smallest absolute Gasteiger partial charge is 0.397 e. The molecule has 1 fully saturated rings. The zero-order chi connectivity index (χ0) is 14.0. The average molecular weight is 272 g/mol. The van der Waals surface area contributed by atoms with E-state index in [0.29, 0.717) is 5.92 Å². The molecule has 0 spiro atoms. The molecule has 1 unspecified atom stereocenters. The van der Waals surface area contributed by atoms with Crippen LogP contribution >= 0.6 is 0 Å². The summed E-state index contributed by atoms with van der Waals surface area (Å²) in [4.78, 5) is 2.10. The minimum atomic E-state index is -4.33. The van der Waals surface area contributed by atoms with Crippen LogP contribution in [0.5, 0.6) is 0 Å². The maximum absolute atomic E-state index is 12.6. The molecule has 0 amide bonds. The van der Waals surface area contributed by atoms with Crippen LogP contribution in [-0.2, 0) is 6.18 Å². The van der Waals surface area contributed by atoms with E-state index < -0.39 is 11.7 Å². The van der Waals surface area contributed by atoms with Gasteiger partial charge in [-0.15, -0.1) is 0 Å². The molecular weight excluding hydrogens is 253 g/mol. The van der Waals surface area contributed by atoms with Gasteiger partial charge in [-0.05, 0) is 37.0 Å². The number of nitrogens with two attached hydrogens (primary N) is 1. The van der Waals surface area contributed by atoms with Gasteiger partial charge >= 0.3 is 6.18 Å². The fourth-order valence-electron chi connectivity index (χ4n) is 2.64. The molecule has 2 N–H and O–H groups in total. The van der Waals surface area contributed by atoms with E-state index in [2.05, 4.69) is 11.8 Å². The topological polar surface area (TPSA) is 29.3 Å². The number of alkyl halides is 3. The van der Waals surface area contributed by atoms with Gasteiger partial charge in [-0.1, -0.05) is 13.3 Å². The van der Waals surface area contributed by atoms with Crippen LogP contribution in [0.3, 0.4) is 0 Å². The minimum Gasteiger partial charge on any atom is -0.397 e. The fourth-order valence-corrected chi connectivity index (χ4v) is 2.64. The number of piperidine rings is 1. The van der Waals surface area contributed by atoms with Crippen LogP contribution in [0.2, 0.25) is 0 Å². The molecule has 5 heteroatoms. The highest BCUT2D eigenvalue weighted by atomic mass is 19.4. The summed E-state index contributed by atoms with van der Waals surface area (Å²) in [6.45, 7) is 3.89. The molecule has 19 heavy (non-hydrogen) atoms. The van der Waals surface area contributed by atoms with Crippen molar-refractivity contribution >= 4 is 11.4 Å². The van der Waals surface area contributed by atoms with Crippen molar-refractivity contribution in [1.29, 1.82) is 0 Å². The van der Waals surface area contributed by atoms with Crippen LogP contribution in [-0.4, -0.2) is 13.1 Å². The summed E-state index contributed by atoms with van der Waals surface area (Å²) in [6, 6.07) is 3.64. The van der Waals surface area contributed by atoms with E-state index in [1.54, 1.807) is 0 Å². The normalized spacial score (nSPS) is 20.6. The molecule has 1 aromatic rings. The predicted octanol–water partition coefficient (Wildman–Crippen LogP) is 3.91. The van der Waals surface area contributed by atoms with Crippen molar-refractivity contribution in [3.05, 3.63) is 23.8 Å². The Labute approximate surface area is 111 Å². The number of rotatable bonds is 2. The summed E-state index contributed by atoms with van der Waals surface area (Å²) >= 11 is 0. The first-order valence-corrected chi connectivity index (χ1v) is 6.63. The summed E-state index contributed by atoms with van der Waals surface area (Å²) < 4.78 is 37.8. The third-order valence-corrected chi connectivity index (χ3v) is 3.79. The molecule has 0 radical (unpaired) electrons. The Kier molecular flexibility index (Phi) is 3.92. The Morgan fingerprint density at radius 2 is 2.11 bits per heavy atom. The van der Waals surface area contributed by atoms with Crippen LogP contribution in [0.4, 0.5) is 24.5 Å². The van der Waals surface area contributed by atoms with Crippen molar-refractivity contribution in [3.63, 3.8) is 0 Å². The van der Waals surface area contributed by atoms with Gasteiger partial charge in [-0.2, -0.15) is 13.2 Å². The zero-order valence-corrected chi connectivity index (χ0v) is 11.0. The molecule has 1 aliphatic rings. The number of halogens is 3. The quantitative estimate of drug-likeness (QED) is 0.827. The van der Waals surface area contributed by atoms with E-state index in [4.69, 9.17) is 5.73 Å². The summed E-state index contributed by atoms with van der Waals surface area (Å²) in [7, 11) is 0. The van der Waals surface area contributed by atoms with Crippen LogP contribution in [0.25, 0.3) is 0 Å². The van der Waals surface area contributed by atoms with Crippen molar-refractivity contribution in [3.8, 4) is 0 Å². The molecule has 106 valence electrons. The van der Waals surface area contributed by atoms with Gasteiger partial charge in [0.15, 0.2) is 0 Å². The SMILES string of the molecule is CCC1CCCN(c2ccc(C(F)(F)F)cc2N)C1. The third kappa shape index (κ3) is 3.14. The number of benzene rings is 1. The molecule has 0 bridgehead atoms. The summed E-state index contributed by atoms with van der Waals surface area (Å²) in [5, 5.41) is 0. The van der Waals surface area contributed by atoms with Gasteiger partial charge in [0.05, 0.1) is 16.9 Å². The Morgan fingerprint density at radius 1 is 1.37 bits per heavy atom. The van der Waals surface area contributed by atoms with Gasteiger partial charge in [-0.25, -0.2) is 0 Å². The number of nitrogen functional groups attached to an aromatic ring is 1. The van der Waals surface area contributed by atoms with Crippen molar-refractivity contribution in [2.75, 3.05) is 23.7 Å². The second-order valence-corrected chi connectivity index (χ2v) is 5.13. The van der Waals surface area contributed by atoms with Crippen molar-refractivity contribution in [2.45, 2.75) is 32.4 Å². The van der Waals surface area contributed by atoms with Crippen LogP contribution in [0.1, 0.15) is 31.7 Å². The lowest BCUT2D eigenvalue weighted by Crippen LogP contribution is -2.35. The first-order valence-electron chi connectivity index (χ1n) is 6.63. The highest BCUT2D eigenvalue weighted by molar-refractivity contribution is 5.68. The van der Waals surface area contributed by atoms with Crippen molar-refractivity contribution in [1.82, 2.24) is 0 Å². The molecule has 1 aromatic carbocycles. The fraction of sp³-hybridized carbons (Fsp3) is 0.571. The maximum atomic E-state index is 12.6. The standard InChI is InChI=1S/C14H19F3N2/c1-2-10-4-3-7-19(9-10)13-6-5-11(8-12(13)18)14(15,16)17/h5-6,8,10H,2-4,7,9,18H2,1H3. The van der Waals surface area contributed by atoms with Gasteiger partial charge in [0.2, 0.25) is 0 Å². The lowest BCUT2D eigenvalue weighted by atomic mass is 9.95. The van der Waals surface area contributed by atoms with Gasteiger partial charge in [0, 0.05) is 13.1 Å². The van der Waals surface area contributed by atoms with Gasteiger partial charge in [0.25, 0.3) is 0 Å². The molecular formula is C14H19F3N2. The predicted molar refractivity (Wildman–Crippen MR) is 71.1 cm³/mol. The highest BCUT2D eigenvalue weighted by Crippen LogP contribution is 2.35. The lowest BCUT2D eigenvalue weighted by Gasteiger charge is -2.34. The Bertz CT molecular complexity index is 443. The molecule has 1 heterocycles. The first kappa shape index (κ1) is 14.0. The largest absolute Gasteiger partial charge is 0.416 e. The number of nitrogens with zero attached hydrogens (tertiary/aromatic N) is 1. The van der Waals surface area contributed by atoms with E-state index in [1.807, 2.05) is 0 Å². The third-order valence-electron chi connectivity index (χ3n) is 3.79. The van der Waals surface area contributed by atoms with Crippen LogP contribution in [0, 0.1) is 5.92 Å². The Hall–Kier alpha value is -1.39. The summed E-state index contributed by atoms with van der Waals surface area (Å²) in [6.07, 6.45) is -0.982. The molecule has 0 aliphatic carbocycles. The molecule has 1 aliphatic heterocycles. The molecule has 1 atom stereocenters. The van der Waals surface area contributed by atoms with Crippen LogP contribution in [0.15, 0.2) is 18.2 Å².